The number of piperidine rings is 1. The summed E-state index contributed by atoms with van der Waals surface area (Å²) >= 11 is 1.57. The summed E-state index contributed by atoms with van der Waals surface area (Å²) in [6.45, 7) is 8.42. The third kappa shape index (κ3) is 6.06. The lowest BCUT2D eigenvalue weighted by Gasteiger charge is -2.29. The maximum absolute atomic E-state index is 11.3. The van der Waals surface area contributed by atoms with Crippen molar-refractivity contribution in [1.82, 2.24) is 9.88 Å². The average molecular weight is 523 g/mol. The van der Waals surface area contributed by atoms with Crippen LogP contribution in [0.25, 0.3) is 11.3 Å². The van der Waals surface area contributed by atoms with Gasteiger partial charge >= 0.3 is 5.97 Å². The van der Waals surface area contributed by atoms with E-state index in [1.165, 1.54) is 11.1 Å². The van der Waals surface area contributed by atoms with E-state index in [2.05, 4.69) is 34.9 Å². The van der Waals surface area contributed by atoms with Crippen molar-refractivity contribution in [3.63, 3.8) is 0 Å². The molecule has 2 saturated heterocycles. The van der Waals surface area contributed by atoms with Crippen molar-refractivity contribution in [1.29, 1.82) is 0 Å². The summed E-state index contributed by atoms with van der Waals surface area (Å²) in [6.07, 6.45) is 1.28. The number of carboxylic acids is 1. The lowest BCUT2D eigenvalue weighted by atomic mass is 9.97. The highest BCUT2D eigenvalue weighted by Crippen LogP contribution is 2.38. The second-order valence-electron chi connectivity index (χ2n) is 9.78. The number of ether oxygens (including phenoxy) is 2. The van der Waals surface area contributed by atoms with Gasteiger partial charge in [-0.1, -0.05) is 24.3 Å². The number of para-hydroxylation sites is 1. The van der Waals surface area contributed by atoms with E-state index in [-0.39, 0.29) is 5.92 Å². The van der Waals surface area contributed by atoms with Gasteiger partial charge in [-0.05, 0) is 48.6 Å². The predicted octanol–water partition coefficient (Wildman–Crippen LogP) is 4.41. The van der Waals surface area contributed by atoms with Crippen LogP contribution in [0.4, 0.5) is 10.8 Å². The number of rotatable bonds is 8. The molecule has 2 aliphatic heterocycles. The zero-order chi connectivity index (χ0) is 25.8. The molecule has 3 aromatic rings. The van der Waals surface area contributed by atoms with Crippen LogP contribution in [0.15, 0.2) is 41.8 Å². The van der Waals surface area contributed by atoms with Crippen LogP contribution in [0.3, 0.4) is 0 Å². The molecular weight excluding hydrogens is 488 g/mol. The van der Waals surface area contributed by atoms with E-state index in [1.807, 2.05) is 23.6 Å². The van der Waals surface area contributed by atoms with Gasteiger partial charge in [-0.15, -0.1) is 11.3 Å². The van der Waals surface area contributed by atoms with Gasteiger partial charge < -0.3 is 25.2 Å². The number of nitrogen functional groups attached to an aromatic ring is 1. The van der Waals surface area contributed by atoms with Gasteiger partial charge in [-0.2, -0.15) is 0 Å². The van der Waals surface area contributed by atoms with Crippen LogP contribution in [-0.2, 0) is 22.7 Å². The second kappa shape index (κ2) is 11.5. The fourth-order valence-electron chi connectivity index (χ4n) is 4.95. The number of hydrogen-bond acceptors (Lipinski definition) is 8. The zero-order valence-corrected chi connectivity index (χ0v) is 22.0. The Labute approximate surface area is 221 Å². The monoisotopic (exact) mass is 522 g/mol. The van der Waals surface area contributed by atoms with E-state index in [4.69, 9.17) is 20.2 Å². The molecule has 0 saturated carbocycles. The summed E-state index contributed by atoms with van der Waals surface area (Å²) in [5, 5.41) is 12.2. The number of hydrogen-bond donors (Lipinski definition) is 2. The summed E-state index contributed by atoms with van der Waals surface area (Å²) in [5.74, 6) is -0.328. The van der Waals surface area contributed by atoms with Crippen molar-refractivity contribution >= 4 is 28.1 Å². The van der Waals surface area contributed by atoms with Crippen LogP contribution < -0.4 is 15.4 Å². The maximum atomic E-state index is 11.3. The molecule has 37 heavy (non-hydrogen) atoms. The maximum Gasteiger partial charge on any atom is 0.306 e. The molecule has 1 aromatic heterocycles. The number of anilines is 2. The first-order valence-corrected chi connectivity index (χ1v) is 13.7. The van der Waals surface area contributed by atoms with Crippen LogP contribution >= 0.6 is 11.3 Å². The third-order valence-electron chi connectivity index (χ3n) is 7.22. The molecule has 2 aliphatic rings. The van der Waals surface area contributed by atoms with E-state index in [0.29, 0.717) is 44.0 Å². The van der Waals surface area contributed by atoms with Gasteiger partial charge in [0.05, 0.1) is 30.5 Å². The fourth-order valence-corrected chi connectivity index (χ4v) is 5.83. The second-order valence-corrected chi connectivity index (χ2v) is 10.6. The quantitative estimate of drug-likeness (QED) is 0.420. The standard InChI is InChI=1S/C28H34N4O4S/c1-19-15-20(16-31-11-13-35-14-12-31)5-6-22(19)17-36-26-23(3-2-4-24(26)29)25-18-37-28(30-25)32-9-7-21(8-10-32)27(33)34/h2-6,15,18,21H,7-14,16-17,29H2,1H3,(H,33,34). The molecule has 0 bridgehead atoms. The number of benzene rings is 2. The van der Waals surface area contributed by atoms with Crippen molar-refractivity contribution in [3.05, 3.63) is 58.5 Å². The summed E-state index contributed by atoms with van der Waals surface area (Å²) in [5.41, 5.74) is 12.2. The Kier molecular flexibility index (Phi) is 7.93. The summed E-state index contributed by atoms with van der Waals surface area (Å²) in [7, 11) is 0. The van der Waals surface area contributed by atoms with Crippen LogP contribution in [0, 0.1) is 12.8 Å². The number of aliphatic carboxylic acids is 1. The molecule has 5 rings (SSSR count). The number of thiazole rings is 1. The van der Waals surface area contributed by atoms with Crippen LogP contribution in [0.2, 0.25) is 0 Å². The molecule has 3 heterocycles. The first-order chi connectivity index (χ1) is 18.0. The number of carboxylic acid groups (broad SMARTS) is 1. The van der Waals surface area contributed by atoms with Gasteiger partial charge in [-0.25, -0.2) is 4.98 Å². The molecule has 0 spiro atoms. The molecule has 8 nitrogen and oxygen atoms in total. The summed E-state index contributed by atoms with van der Waals surface area (Å²) < 4.78 is 11.8. The number of carbonyl (C=O) groups is 1. The molecule has 0 atom stereocenters. The topological polar surface area (TPSA) is 101 Å². The number of aromatic nitrogens is 1. The van der Waals surface area contributed by atoms with Gasteiger partial charge in [0.25, 0.3) is 0 Å². The first-order valence-electron chi connectivity index (χ1n) is 12.8. The van der Waals surface area contributed by atoms with Gasteiger partial charge in [-0.3, -0.25) is 9.69 Å². The largest absolute Gasteiger partial charge is 0.486 e. The Morgan fingerprint density at radius 3 is 2.70 bits per heavy atom. The minimum atomic E-state index is -0.706. The van der Waals surface area contributed by atoms with Gasteiger partial charge in [0.1, 0.15) is 6.61 Å². The Hall–Kier alpha value is -3.14. The molecule has 0 radical (unpaired) electrons. The van der Waals surface area contributed by atoms with E-state index in [0.717, 1.165) is 54.8 Å². The average Bonchev–Trinajstić information content (AvgIpc) is 3.40. The van der Waals surface area contributed by atoms with Crippen LogP contribution in [0.1, 0.15) is 29.5 Å². The minimum absolute atomic E-state index is 0.263. The fraction of sp³-hybridized carbons (Fsp3) is 0.429. The van der Waals surface area contributed by atoms with E-state index in [1.54, 1.807) is 11.3 Å². The Balaban J connectivity index is 1.27. The lowest BCUT2D eigenvalue weighted by molar-refractivity contribution is -0.142. The molecule has 3 N–H and O–H groups in total. The van der Waals surface area contributed by atoms with Crippen molar-refractivity contribution < 1.29 is 19.4 Å². The number of nitrogens with zero attached hydrogens (tertiary/aromatic N) is 3. The van der Waals surface area contributed by atoms with E-state index in [9.17, 15) is 9.90 Å². The SMILES string of the molecule is Cc1cc(CN2CCOCC2)ccc1COc1c(N)cccc1-c1csc(N2CCC(C(=O)O)CC2)n1. The van der Waals surface area contributed by atoms with Gasteiger partial charge in [0, 0.05) is 43.7 Å². The molecule has 2 fully saturated rings. The normalized spacial score (nSPS) is 17.2. The highest BCUT2D eigenvalue weighted by molar-refractivity contribution is 7.14. The summed E-state index contributed by atoms with van der Waals surface area (Å²) in [6, 6.07) is 12.3. The molecular formula is C28H34N4O4S. The Morgan fingerprint density at radius 2 is 1.97 bits per heavy atom. The highest BCUT2D eigenvalue weighted by Gasteiger charge is 2.26. The van der Waals surface area contributed by atoms with Crippen LogP contribution in [-0.4, -0.2) is 60.4 Å². The molecule has 0 aliphatic carbocycles. The predicted molar refractivity (Wildman–Crippen MR) is 146 cm³/mol. The van der Waals surface area contributed by atoms with Crippen molar-refractivity contribution in [2.75, 3.05) is 50.0 Å². The van der Waals surface area contributed by atoms with E-state index < -0.39 is 5.97 Å². The Morgan fingerprint density at radius 1 is 1.19 bits per heavy atom. The van der Waals surface area contributed by atoms with Gasteiger partial charge in [0.2, 0.25) is 0 Å². The number of nitrogens with two attached hydrogens (primary N) is 1. The zero-order valence-electron chi connectivity index (χ0n) is 21.2. The number of aryl methyl sites for hydroxylation is 1. The highest BCUT2D eigenvalue weighted by atomic mass is 32.1. The molecule has 9 heteroatoms. The van der Waals surface area contributed by atoms with Gasteiger partial charge in [0.15, 0.2) is 10.9 Å². The van der Waals surface area contributed by atoms with Crippen molar-refractivity contribution in [2.45, 2.75) is 32.9 Å². The Bertz CT molecular complexity index is 1230. The third-order valence-corrected chi connectivity index (χ3v) is 8.12. The van der Waals surface area contributed by atoms with E-state index >= 15 is 0 Å². The molecule has 2 aromatic carbocycles. The first kappa shape index (κ1) is 25.5. The summed E-state index contributed by atoms with van der Waals surface area (Å²) in [4.78, 5) is 20.7. The molecule has 0 unspecified atom stereocenters. The molecule has 0 amide bonds. The van der Waals surface area contributed by atoms with Crippen molar-refractivity contribution in [3.8, 4) is 17.0 Å². The smallest absolute Gasteiger partial charge is 0.306 e. The van der Waals surface area contributed by atoms with Crippen LogP contribution in [0.5, 0.6) is 5.75 Å². The number of morpholine rings is 1. The van der Waals surface area contributed by atoms with Crippen molar-refractivity contribution in [2.24, 2.45) is 5.92 Å². The molecule has 196 valence electrons. The lowest BCUT2D eigenvalue weighted by Crippen LogP contribution is -2.36. The minimum Gasteiger partial charge on any atom is -0.486 e.